The van der Waals surface area contributed by atoms with Gasteiger partial charge in [-0.2, -0.15) is 5.26 Å². The number of carbonyl (C=O) groups is 1. The Morgan fingerprint density at radius 2 is 2.35 bits per heavy atom. The molecule has 0 radical (unpaired) electrons. The number of anilines is 1. The lowest BCUT2D eigenvalue weighted by Crippen LogP contribution is -2.44. The second-order valence-corrected chi connectivity index (χ2v) is 5.44. The molecular formula is C15H19N5O3. The van der Waals surface area contributed by atoms with Gasteiger partial charge in [0.05, 0.1) is 22.5 Å². The Kier molecular flexibility index (Phi) is 5.49. The molecule has 1 heterocycles. The summed E-state index contributed by atoms with van der Waals surface area (Å²) >= 11 is 0. The van der Waals surface area contributed by atoms with Gasteiger partial charge >= 0.3 is 0 Å². The van der Waals surface area contributed by atoms with Crippen molar-refractivity contribution in [3.63, 3.8) is 0 Å². The molecule has 1 unspecified atom stereocenters. The third-order valence-corrected chi connectivity index (χ3v) is 3.88. The fourth-order valence-corrected chi connectivity index (χ4v) is 2.76. The van der Waals surface area contributed by atoms with Crippen LogP contribution in [0.4, 0.5) is 11.4 Å². The molecular weight excluding hydrogens is 298 g/mol. The number of nitro benzene ring substituents is 1. The maximum absolute atomic E-state index is 12.1. The Morgan fingerprint density at radius 1 is 1.57 bits per heavy atom. The van der Waals surface area contributed by atoms with E-state index in [2.05, 4.69) is 5.32 Å². The maximum atomic E-state index is 12.1. The minimum atomic E-state index is -0.492. The van der Waals surface area contributed by atoms with Crippen molar-refractivity contribution in [1.29, 1.82) is 5.26 Å². The predicted molar refractivity (Wildman–Crippen MR) is 84.8 cm³/mol. The van der Waals surface area contributed by atoms with Crippen molar-refractivity contribution in [2.75, 3.05) is 31.1 Å². The summed E-state index contributed by atoms with van der Waals surface area (Å²) in [6.45, 7) is 1.87. The van der Waals surface area contributed by atoms with Crippen LogP contribution >= 0.6 is 0 Å². The van der Waals surface area contributed by atoms with Gasteiger partial charge in [0, 0.05) is 32.2 Å². The second-order valence-electron chi connectivity index (χ2n) is 5.44. The van der Waals surface area contributed by atoms with E-state index in [-0.39, 0.29) is 23.1 Å². The van der Waals surface area contributed by atoms with E-state index in [4.69, 9.17) is 11.0 Å². The lowest BCUT2D eigenvalue weighted by atomic mass is 9.96. The second kappa shape index (κ2) is 7.56. The number of piperidine rings is 1. The molecule has 1 amide bonds. The molecule has 8 heteroatoms. The third kappa shape index (κ3) is 3.96. The Bertz CT molecular complexity index is 640. The number of benzene rings is 1. The zero-order valence-corrected chi connectivity index (χ0v) is 12.7. The average molecular weight is 317 g/mol. The van der Waals surface area contributed by atoms with Crippen molar-refractivity contribution in [2.45, 2.75) is 12.8 Å². The zero-order valence-electron chi connectivity index (χ0n) is 12.7. The number of nitrogens with two attached hydrogens (primary N) is 1. The number of hydrogen-bond acceptors (Lipinski definition) is 6. The summed E-state index contributed by atoms with van der Waals surface area (Å²) in [5, 5.41) is 22.9. The van der Waals surface area contributed by atoms with Gasteiger partial charge in [-0.1, -0.05) is 0 Å². The van der Waals surface area contributed by atoms with Gasteiger partial charge in [-0.3, -0.25) is 14.9 Å². The first-order valence-corrected chi connectivity index (χ1v) is 7.48. The standard InChI is InChI=1S/C15H19N5O3/c16-5-6-18-15(21)12-2-1-7-19(10-12)13-4-3-11(9-17)8-14(13)20(22)23/h3-4,8,12H,1-2,5-7,10,16H2,(H,18,21). The van der Waals surface area contributed by atoms with E-state index in [9.17, 15) is 14.9 Å². The van der Waals surface area contributed by atoms with Gasteiger partial charge in [0.2, 0.25) is 5.91 Å². The van der Waals surface area contributed by atoms with Crippen molar-refractivity contribution in [2.24, 2.45) is 11.7 Å². The molecule has 1 saturated heterocycles. The molecule has 1 aliphatic heterocycles. The van der Waals surface area contributed by atoms with Gasteiger partial charge in [-0.05, 0) is 25.0 Å². The number of hydrogen-bond donors (Lipinski definition) is 2. The highest BCUT2D eigenvalue weighted by atomic mass is 16.6. The van der Waals surface area contributed by atoms with Crippen LogP contribution in [0.2, 0.25) is 0 Å². The van der Waals surface area contributed by atoms with E-state index < -0.39 is 4.92 Å². The van der Waals surface area contributed by atoms with Crippen LogP contribution < -0.4 is 16.0 Å². The molecule has 23 heavy (non-hydrogen) atoms. The molecule has 0 aromatic heterocycles. The van der Waals surface area contributed by atoms with Crippen LogP contribution in [-0.2, 0) is 4.79 Å². The topological polar surface area (TPSA) is 125 Å². The minimum Gasteiger partial charge on any atom is -0.365 e. The number of nitrogens with one attached hydrogen (secondary N) is 1. The number of nitriles is 1. The van der Waals surface area contributed by atoms with E-state index in [1.54, 1.807) is 12.1 Å². The molecule has 2 rings (SSSR count). The summed E-state index contributed by atoms with van der Waals surface area (Å²) in [5.74, 6) is -0.290. The highest BCUT2D eigenvalue weighted by Gasteiger charge is 2.29. The van der Waals surface area contributed by atoms with Crippen molar-refractivity contribution >= 4 is 17.3 Å². The van der Waals surface area contributed by atoms with Gasteiger partial charge in [-0.25, -0.2) is 0 Å². The summed E-state index contributed by atoms with van der Waals surface area (Å²) in [7, 11) is 0. The molecule has 1 atom stereocenters. The minimum absolute atomic E-state index is 0.0727. The van der Waals surface area contributed by atoms with Crippen LogP contribution in [0.5, 0.6) is 0 Å². The molecule has 8 nitrogen and oxygen atoms in total. The van der Waals surface area contributed by atoms with E-state index in [0.717, 1.165) is 12.8 Å². The highest BCUT2D eigenvalue weighted by Crippen LogP contribution is 2.32. The molecule has 1 aliphatic rings. The molecule has 1 fully saturated rings. The van der Waals surface area contributed by atoms with Crippen LogP contribution in [-0.4, -0.2) is 37.0 Å². The predicted octanol–water partition coefficient (Wildman–Crippen LogP) is 0.758. The van der Waals surface area contributed by atoms with E-state index in [0.29, 0.717) is 31.9 Å². The summed E-state index contributed by atoms with van der Waals surface area (Å²) in [6, 6.07) is 6.31. The Hall–Kier alpha value is -2.66. The molecule has 0 spiro atoms. The van der Waals surface area contributed by atoms with Crippen molar-refractivity contribution in [3.05, 3.63) is 33.9 Å². The van der Waals surface area contributed by atoms with Gasteiger partial charge in [0.1, 0.15) is 5.69 Å². The van der Waals surface area contributed by atoms with E-state index in [1.165, 1.54) is 6.07 Å². The van der Waals surface area contributed by atoms with E-state index >= 15 is 0 Å². The first-order chi connectivity index (χ1) is 11.1. The first-order valence-electron chi connectivity index (χ1n) is 7.48. The number of nitro groups is 1. The van der Waals surface area contributed by atoms with Gasteiger partial charge < -0.3 is 16.0 Å². The largest absolute Gasteiger partial charge is 0.365 e. The molecule has 122 valence electrons. The fraction of sp³-hybridized carbons (Fsp3) is 0.467. The van der Waals surface area contributed by atoms with Crippen LogP contribution in [0.3, 0.4) is 0 Å². The number of carbonyl (C=O) groups excluding carboxylic acids is 1. The van der Waals surface area contributed by atoms with Crippen LogP contribution in [0.15, 0.2) is 18.2 Å². The van der Waals surface area contributed by atoms with Crippen LogP contribution in [0.25, 0.3) is 0 Å². The third-order valence-electron chi connectivity index (χ3n) is 3.88. The molecule has 3 N–H and O–H groups in total. The normalized spacial score (nSPS) is 17.4. The number of amides is 1. The van der Waals surface area contributed by atoms with E-state index in [1.807, 2.05) is 11.0 Å². The average Bonchev–Trinajstić information content (AvgIpc) is 2.59. The van der Waals surface area contributed by atoms with Gasteiger partial charge in [-0.15, -0.1) is 0 Å². The first kappa shape index (κ1) is 16.7. The maximum Gasteiger partial charge on any atom is 0.293 e. The molecule has 0 aliphatic carbocycles. The Labute approximate surface area is 134 Å². The highest BCUT2D eigenvalue weighted by molar-refractivity contribution is 5.80. The van der Waals surface area contributed by atoms with Gasteiger partial charge in [0.25, 0.3) is 5.69 Å². The monoisotopic (exact) mass is 317 g/mol. The van der Waals surface area contributed by atoms with Crippen molar-refractivity contribution in [3.8, 4) is 6.07 Å². The quantitative estimate of drug-likeness (QED) is 0.610. The smallest absolute Gasteiger partial charge is 0.293 e. The Morgan fingerprint density at radius 3 is 3.00 bits per heavy atom. The molecule has 0 saturated carbocycles. The summed E-state index contributed by atoms with van der Waals surface area (Å²) in [5.41, 5.74) is 5.97. The van der Waals surface area contributed by atoms with Crippen LogP contribution in [0, 0.1) is 27.4 Å². The van der Waals surface area contributed by atoms with Crippen molar-refractivity contribution in [1.82, 2.24) is 5.32 Å². The molecule has 0 bridgehead atoms. The molecule has 1 aromatic rings. The summed E-state index contributed by atoms with van der Waals surface area (Å²) in [4.78, 5) is 24.7. The summed E-state index contributed by atoms with van der Waals surface area (Å²) in [6.07, 6.45) is 1.52. The van der Waals surface area contributed by atoms with Gasteiger partial charge in [0.15, 0.2) is 0 Å². The lowest BCUT2D eigenvalue weighted by molar-refractivity contribution is -0.384. The molecule has 1 aromatic carbocycles. The van der Waals surface area contributed by atoms with Crippen molar-refractivity contribution < 1.29 is 9.72 Å². The number of nitrogens with zero attached hydrogens (tertiary/aromatic N) is 3. The SMILES string of the molecule is N#Cc1ccc(N2CCCC(C(=O)NCCN)C2)c([N+](=O)[O-])c1. The summed E-state index contributed by atoms with van der Waals surface area (Å²) < 4.78 is 0. The Balaban J connectivity index is 2.20. The zero-order chi connectivity index (χ0) is 16.8. The van der Waals surface area contributed by atoms with Crippen LogP contribution in [0.1, 0.15) is 18.4 Å². The lowest BCUT2D eigenvalue weighted by Gasteiger charge is -2.33. The fourth-order valence-electron chi connectivity index (χ4n) is 2.76. The number of rotatable bonds is 5.